The first kappa shape index (κ1) is 18.2. The van der Waals surface area contributed by atoms with Crippen LogP contribution in [0, 0.1) is 0 Å². The van der Waals surface area contributed by atoms with Crippen LogP contribution in [-0.2, 0) is 11.8 Å². The smallest absolute Gasteiger partial charge is 0.0600 e. The summed E-state index contributed by atoms with van der Waals surface area (Å²) in [6.45, 7) is 4.47. The normalized spacial score (nSPS) is 22.8. The lowest BCUT2D eigenvalue weighted by Crippen LogP contribution is -2.34. The average molecular weight is 354 g/mol. The summed E-state index contributed by atoms with van der Waals surface area (Å²) in [6, 6.07) is 20.5. The summed E-state index contributed by atoms with van der Waals surface area (Å²) in [5.41, 5.74) is 5.41. The number of rotatable bonds is 7. The van der Waals surface area contributed by atoms with E-state index in [1.54, 1.807) is 0 Å². The molecule has 0 aliphatic carbocycles. The largest absolute Gasteiger partial charge is 0.290 e. The van der Waals surface area contributed by atoms with Gasteiger partial charge in [0.05, 0.1) is 5.41 Å². The van der Waals surface area contributed by atoms with Crippen molar-refractivity contribution >= 4 is 17.3 Å². The second kappa shape index (κ2) is 8.19. The first-order chi connectivity index (χ1) is 12.2. The molecule has 3 rings (SSSR count). The van der Waals surface area contributed by atoms with E-state index in [-0.39, 0.29) is 5.41 Å². The Labute approximate surface area is 157 Å². The van der Waals surface area contributed by atoms with Gasteiger partial charge >= 0.3 is 0 Å². The molecule has 0 aromatic heterocycles. The van der Waals surface area contributed by atoms with Crippen molar-refractivity contribution in [2.75, 3.05) is 5.88 Å². The summed E-state index contributed by atoms with van der Waals surface area (Å²) in [6.07, 6.45) is 5.41. The lowest BCUT2D eigenvalue weighted by atomic mass is 9.68. The number of hydrogen-bond donors (Lipinski definition) is 0. The maximum atomic E-state index is 5.80. The van der Waals surface area contributed by atoms with Crippen LogP contribution in [0.25, 0.3) is 0 Å². The summed E-state index contributed by atoms with van der Waals surface area (Å²) in [4.78, 5) is 5.00. The molecule has 25 heavy (non-hydrogen) atoms. The fourth-order valence-corrected chi connectivity index (χ4v) is 4.40. The van der Waals surface area contributed by atoms with Crippen molar-refractivity contribution in [1.29, 1.82) is 0 Å². The van der Waals surface area contributed by atoms with Crippen LogP contribution >= 0.6 is 11.6 Å². The van der Waals surface area contributed by atoms with Gasteiger partial charge < -0.3 is 0 Å². The van der Waals surface area contributed by atoms with Gasteiger partial charge in [0.1, 0.15) is 0 Å². The lowest BCUT2D eigenvalue weighted by molar-refractivity contribution is 0.591. The minimum Gasteiger partial charge on any atom is -0.290 e. The fourth-order valence-electron chi connectivity index (χ4n) is 4.21. The lowest BCUT2D eigenvalue weighted by Gasteiger charge is -2.33. The Balaban J connectivity index is 1.98. The molecule has 1 aliphatic rings. The Hall–Kier alpha value is -1.60. The maximum Gasteiger partial charge on any atom is 0.0600 e. The van der Waals surface area contributed by atoms with Gasteiger partial charge in [0.25, 0.3) is 0 Å². The van der Waals surface area contributed by atoms with Crippen LogP contribution in [0.2, 0.25) is 0 Å². The van der Waals surface area contributed by atoms with E-state index in [1.165, 1.54) is 22.4 Å². The van der Waals surface area contributed by atoms with E-state index in [2.05, 4.69) is 68.4 Å². The highest BCUT2D eigenvalue weighted by molar-refractivity contribution is 6.17. The van der Waals surface area contributed by atoms with Gasteiger partial charge in [-0.15, -0.1) is 11.6 Å². The highest BCUT2D eigenvalue weighted by atomic mass is 35.5. The number of alkyl halides is 1. The number of unbranched alkanes of at least 4 members (excludes halogenated alkanes) is 1. The minimum atomic E-state index is -0.0654. The number of hydrogen-bond acceptors (Lipinski definition) is 1. The van der Waals surface area contributed by atoms with Crippen molar-refractivity contribution in [3.63, 3.8) is 0 Å². The van der Waals surface area contributed by atoms with Crippen LogP contribution in [0.4, 0.5) is 0 Å². The molecule has 0 radical (unpaired) electrons. The Morgan fingerprint density at radius 1 is 1.00 bits per heavy atom. The van der Waals surface area contributed by atoms with Crippen molar-refractivity contribution in [3.05, 3.63) is 71.3 Å². The van der Waals surface area contributed by atoms with Gasteiger partial charge in [0.2, 0.25) is 0 Å². The average Bonchev–Trinajstić information content (AvgIpc) is 3.01. The second-order valence-corrected chi connectivity index (χ2v) is 7.47. The summed E-state index contributed by atoms with van der Waals surface area (Å²) >= 11 is 5.80. The van der Waals surface area contributed by atoms with Gasteiger partial charge in [-0.2, -0.15) is 0 Å². The quantitative estimate of drug-likeness (QED) is 0.416. The minimum absolute atomic E-state index is 0.0654. The standard InChI is InChI=1S/C23H28ClN/c1-3-22-23(17-18(2)25-22,20-10-5-4-6-11-20)21-14-12-19(13-15-21)9-7-8-16-24/h4-6,10-15,18H,3,7-9,16-17H2,1-2H3. The van der Waals surface area contributed by atoms with E-state index in [4.69, 9.17) is 16.6 Å². The third-order valence-corrected chi connectivity index (χ3v) is 5.64. The van der Waals surface area contributed by atoms with E-state index >= 15 is 0 Å². The van der Waals surface area contributed by atoms with Crippen molar-refractivity contribution in [1.82, 2.24) is 0 Å². The molecular weight excluding hydrogens is 326 g/mol. The van der Waals surface area contributed by atoms with Gasteiger partial charge in [-0.05, 0) is 55.7 Å². The predicted molar refractivity (Wildman–Crippen MR) is 109 cm³/mol. The van der Waals surface area contributed by atoms with E-state index in [1.807, 2.05) is 0 Å². The SMILES string of the molecule is CCC1=NC(C)CC1(c1ccccc1)c1ccc(CCCCCl)cc1. The molecule has 0 N–H and O–H groups in total. The molecule has 132 valence electrons. The van der Waals surface area contributed by atoms with Crippen molar-refractivity contribution < 1.29 is 0 Å². The van der Waals surface area contributed by atoms with E-state index in [9.17, 15) is 0 Å². The molecule has 2 aromatic carbocycles. The Kier molecular flexibility index (Phi) is 5.96. The molecule has 0 fully saturated rings. The van der Waals surface area contributed by atoms with Crippen molar-refractivity contribution in [2.24, 2.45) is 4.99 Å². The third-order valence-electron chi connectivity index (χ3n) is 5.37. The second-order valence-electron chi connectivity index (χ2n) is 7.10. The highest BCUT2D eigenvalue weighted by Gasteiger charge is 2.43. The first-order valence-electron chi connectivity index (χ1n) is 9.48. The highest BCUT2D eigenvalue weighted by Crippen LogP contribution is 2.44. The summed E-state index contributed by atoms with van der Waals surface area (Å²) < 4.78 is 0. The molecule has 0 amide bonds. The molecule has 1 aliphatic heterocycles. The van der Waals surface area contributed by atoms with Crippen LogP contribution < -0.4 is 0 Å². The third kappa shape index (κ3) is 3.67. The number of benzene rings is 2. The van der Waals surface area contributed by atoms with Crippen LogP contribution in [0.15, 0.2) is 59.6 Å². The molecule has 1 nitrogen and oxygen atoms in total. The number of aliphatic imine (C=N–C) groups is 1. The number of aryl methyl sites for hydroxylation is 1. The van der Waals surface area contributed by atoms with Crippen LogP contribution in [0.3, 0.4) is 0 Å². The molecule has 0 saturated carbocycles. The Morgan fingerprint density at radius 3 is 2.32 bits per heavy atom. The summed E-state index contributed by atoms with van der Waals surface area (Å²) in [5.74, 6) is 0.753. The topological polar surface area (TPSA) is 12.4 Å². The van der Waals surface area contributed by atoms with Crippen molar-refractivity contribution in [2.45, 2.75) is 57.4 Å². The predicted octanol–water partition coefficient (Wildman–Crippen LogP) is 6.18. The maximum absolute atomic E-state index is 5.80. The van der Waals surface area contributed by atoms with Crippen molar-refractivity contribution in [3.8, 4) is 0 Å². The molecule has 2 atom stereocenters. The fraction of sp³-hybridized carbons (Fsp3) is 0.435. The molecule has 2 unspecified atom stereocenters. The van der Waals surface area contributed by atoms with E-state index < -0.39 is 0 Å². The van der Waals surface area contributed by atoms with Crippen LogP contribution in [0.5, 0.6) is 0 Å². The molecule has 0 bridgehead atoms. The zero-order valence-electron chi connectivity index (χ0n) is 15.3. The number of nitrogens with zero attached hydrogens (tertiary/aromatic N) is 1. The zero-order valence-corrected chi connectivity index (χ0v) is 16.1. The van der Waals surface area contributed by atoms with Gasteiger partial charge in [0, 0.05) is 17.6 Å². The summed E-state index contributed by atoms with van der Waals surface area (Å²) in [5, 5.41) is 0. The van der Waals surface area contributed by atoms with E-state index in [0.29, 0.717) is 6.04 Å². The zero-order chi connectivity index (χ0) is 17.7. The Bertz CT molecular complexity index is 705. The van der Waals surface area contributed by atoms with Crippen LogP contribution in [-0.4, -0.2) is 17.6 Å². The summed E-state index contributed by atoms with van der Waals surface area (Å²) in [7, 11) is 0. The van der Waals surface area contributed by atoms with Crippen LogP contribution in [0.1, 0.15) is 56.2 Å². The van der Waals surface area contributed by atoms with Gasteiger partial charge in [-0.1, -0.05) is 61.5 Å². The molecule has 0 saturated heterocycles. The monoisotopic (exact) mass is 353 g/mol. The van der Waals surface area contributed by atoms with Gasteiger partial charge in [0.15, 0.2) is 0 Å². The Morgan fingerprint density at radius 2 is 1.68 bits per heavy atom. The van der Waals surface area contributed by atoms with Gasteiger partial charge in [-0.25, -0.2) is 0 Å². The molecule has 2 aromatic rings. The molecule has 0 spiro atoms. The van der Waals surface area contributed by atoms with Gasteiger partial charge in [-0.3, -0.25) is 4.99 Å². The molecule has 1 heterocycles. The molecule has 2 heteroatoms. The van der Waals surface area contributed by atoms with E-state index in [0.717, 1.165) is 38.0 Å². The number of halogens is 1. The molecular formula is C23H28ClN. The first-order valence-corrected chi connectivity index (χ1v) is 10.0.